The molecule has 20 heavy (non-hydrogen) atoms. The fourth-order valence-electron chi connectivity index (χ4n) is 1.91. The summed E-state index contributed by atoms with van der Waals surface area (Å²) in [5.41, 5.74) is 0.805. The molecule has 0 radical (unpaired) electrons. The molecule has 0 saturated heterocycles. The van der Waals surface area contributed by atoms with Crippen LogP contribution in [0, 0.1) is 0 Å². The van der Waals surface area contributed by atoms with Crippen molar-refractivity contribution >= 4 is 0 Å². The predicted molar refractivity (Wildman–Crippen MR) is 72.2 cm³/mol. The number of rotatable bonds is 8. The molecule has 114 valence electrons. The molecule has 0 saturated carbocycles. The van der Waals surface area contributed by atoms with E-state index in [4.69, 9.17) is 4.74 Å². The number of hydrogen-bond donors (Lipinski definition) is 2. The summed E-state index contributed by atoms with van der Waals surface area (Å²) in [6, 6.07) is 5.01. The smallest absolute Gasteiger partial charge is 0.387 e. The van der Waals surface area contributed by atoms with Gasteiger partial charge in [0.25, 0.3) is 0 Å². The Bertz CT molecular complexity index is 413. The molecule has 1 rings (SSSR count). The number of hydrogen-bond acceptors (Lipinski definition) is 4. The second-order valence-electron chi connectivity index (χ2n) is 4.73. The molecule has 0 aliphatic carbocycles. The van der Waals surface area contributed by atoms with Gasteiger partial charge in [-0.05, 0) is 38.0 Å². The topological polar surface area (TPSA) is 50.7 Å². The van der Waals surface area contributed by atoms with Crippen LogP contribution in [0.25, 0.3) is 0 Å². The number of methoxy groups -OCH3 is 1. The average molecular weight is 289 g/mol. The molecular formula is C14H21F2NO3. The average Bonchev–Trinajstić information content (AvgIpc) is 2.35. The van der Waals surface area contributed by atoms with E-state index in [0.29, 0.717) is 13.0 Å². The lowest BCUT2D eigenvalue weighted by atomic mass is 10.1. The van der Waals surface area contributed by atoms with Crippen molar-refractivity contribution in [2.75, 3.05) is 7.11 Å². The highest BCUT2D eigenvalue weighted by atomic mass is 19.3. The molecule has 1 aromatic carbocycles. The van der Waals surface area contributed by atoms with Gasteiger partial charge in [0.1, 0.15) is 0 Å². The van der Waals surface area contributed by atoms with Gasteiger partial charge < -0.3 is 19.9 Å². The second kappa shape index (κ2) is 8.01. The highest BCUT2D eigenvalue weighted by Gasteiger charge is 2.12. The first-order chi connectivity index (χ1) is 9.42. The van der Waals surface area contributed by atoms with Crippen molar-refractivity contribution in [3.05, 3.63) is 23.8 Å². The van der Waals surface area contributed by atoms with Gasteiger partial charge in [0.15, 0.2) is 11.5 Å². The minimum Gasteiger partial charge on any atom is -0.493 e. The predicted octanol–water partition coefficient (Wildman–Crippen LogP) is 2.55. The molecule has 0 aromatic heterocycles. The maximum absolute atomic E-state index is 12.3. The fourth-order valence-corrected chi connectivity index (χ4v) is 1.91. The molecule has 0 aliphatic heterocycles. The molecule has 0 spiro atoms. The maximum Gasteiger partial charge on any atom is 0.387 e. The van der Waals surface area contributed by atoms with Crippen LogP contribution in [-0.4, -0.2) is 31.0 Å². The van der Waals surface area contributed by atoms with Crippen LogP contribution in [0.5, 0.6) is 11.5 Å². The van der Waals surface area contributed by atoms with E-state index in [9.17, 15) is 13.9 Å². The van der Waals surface area contributed by atoms with Crippen molar-refractivity contribution in [3.63, 3.8) is 0 Å². The number of nitrogens with one attached hydrogen (secondary N) is 1. The Balaban J connectivity index is 2.66. The largest absolute Gasteiger partial charge is 0.493 e. The fraction of sp³-hybridized carbons (Fsp3) is 0.571. The molecule has 0 amide bonds. The number of halogens is 2. The van der Waals surface area contributed by atoms with Gasteiger partial charge in [-0.2, -0.15) is 8.78 Å². The van der Waals surface area contributed by atoms with E-state index in [1.165, 1.54) is 13.2 Å². The first-order valence-corrected chi connectivity index (χ1v) is 6.45. The second-order valence-corrected chi connectivity index (χ2v) is 4.73. The summed E-state index contributed by atoms with van der Waals surface area (Å²) >= 11 is 0. The Morgan fingerprint density at radius 1 is 1.25 bits per heavy atom. The molecule has 2 atom stereocenters. The van der Waals surface area contributed by atoms with E-state index < -0.39 is 6.61 Å². The lowest BCUT2D eigenvalue weighted by molar-refractivity contribution is -0.0512. The van der Waals surface area contributed by atoms with E-state index in [0.717, 1.165) is 5.56 Å². The summed E-state index contributed by atoms with van der Waals surface area (Å²) in [6.07, 6.45) is 0.238. The van der Waals surface area contributed by atoms with Crippen LogP contribution in [0.3, 0.4) is 0 Å². The zero-order valence-electron chi connectivity index (χ0n) is 11.9. The van der Waals surface area contributed by atoms with Gasteiger partial charge in [-0.1, -0.05) is 6.07 Å². The number of alkyl halides is 2. The minimum atomic E-state index is -2.89. The van der Waals surface area contributed by atoms with Gasteiger partial charge in [-0.3, -0.25) is 0 Å². The van der Waals surface area contributed by atoms with Crippen molar-refractivity contribution in [2.45, 2.75) is 45.6 Å². The SMILES string of the molecule is COc1ccc(CNC(C)CC(C)O)cc1OC(F)F. The first kappa shape index (κ1) is 16.7. The van der Waals surface area contributed by atoms with Gasteiger partial charge in [-0.25, -0.2) is 0 Å². The van der Waals surface area contributed by atoms with Crippen molar-refractivity contribution in [1.82, 2.24) is 5.32 Å². The molecule has 4 nitrogen and oxygen atoms in total. The quantitative estimate of drug-likeness (QED) is 0.772. The van der Waals surface area contributed by atoms with Gasteiger partial charge >= 0.3 is 6.61 Å². The van der Waals surface area contributed by atoms with Crippen LogP contribution in [0.2, 0.25) is 0 Å². The summed E-state index contributed by atoms with van der Waals surface area (Å²) in [5.74, 6) is 0.288. The molecule has 2 N–H and O–H groups in total. The monoisotopic (exact) mass is 289 g/mol. The minimum absolute atomic E-state index is 0.0185. The highest BCUT2D eigenvalue weighted by Crippen LogP contribution is 2.29. The lowest BCUT2D eigenvalue weighted by Gasteiger charge is -2.16. The van der Waals surface area contributed by atoms with Gasteiger partial charge in [0, 0.05) is 12.6 Å². The Hall–Kier alpha value is -1.40. The maximum atomic E-state index is 12.3. The number of ether oxygens (including phenoxy) is 2. The van der Waals surface area contributed by atoms with Crippen LogP contribution in [0.1, 0.15) is 25.8 Å². The van der Waals surface area contributed by atoms with Crippen molar-refractivity contribution in [2.24, 2.45) is 0 Å². The van der Waals surface area contributed by atoms with Crippen LogP contribution < -0.4 is 14.8 Å². The third-order valence-corrected chi connectivity index (χ3v) is 2.79. The zero-order chi connectivity index (χ0) is 15.1. The summed E-state index contributed by atoms with van der Waals surface area (Å²) in [6.45, 7) is 1.28. The molecule has 0 fully saturated rings. The lowest BCUT2D eigenvalue weighted by Crippen LogP contribution is -2.28. The van der Waals surface area contributed by atoms with Crippen LogP contribution in [-0.2, 0) is 6.54 Å². The number of aliphatic hydroxyl groups excluding tert-OH is 1. The van der Waals surface area contributed by atoms with Gasteiger partial charge in [0.2, 0.25) is 0 Å². The Kier molecular flexibility index (Phi) is 6.67. The highest BCUT2D eigenvalue weighted by molar-refractivity contribution is 5.42. The van der Waals surface area contributed by atoms with E-state index in [-0.39, 0.29) is 23.6 Å². The summed E-state index contributed by atoms with van der Waals surface area (Å²) in [4.78, 5) is 0. The molecule has 0 aliphatic rings. The molecule has 2 unspecified atom stereocenters. The normalized spacial score (nSPS) is 14.2. The molecule has 6 heteroatoms. The van der Waals surface area contributed by atoms with Crippen LogP contribution in [0.4, 0.5) is 8.78 Å². The Labute approximate surface area is 117 Å². The molecule has 0 heterocycles. The first-order valence-electron chi connectivity index (χ1n) is 6.45. The van der Waals surface area contributed by atoms with Crippen molar-refractivity contribution < 1.29 is 23.4 Å². The van der Waals surface area contributed by atoms with Crippen molar-refractivity contribution in [3.8, 4) is 11.5 Å². The van der Waals surface area contributed by atoms with E-state index in [1.54, 1.807) is 19.1 Å². The Morgan fingerprint density at radius 3 is 2.50 bits per heavy atom. The molecular weight excluding hydrogens is 268 g/mol. The van der Waals surface area contributed by atoms with Gasteiger partial charge in [0.05, 0.1) is 13.2 Å². The Morgan fingerprint density at radius 2 is 1.95 bits per heavy atom. The summed E-state index contributed by atoms with van der Waals surface area (Å²) < 4.78 is 34.0. The van der Waals surface area contributed by atoms with E-state index in [2.05, 4.69) is 10.1 Å². The van der Waals surface area contributed by atoms with Crippen LogP contribution in [0.15, 0.2) is 18.2 Å². The van der Waals surface area contributed by atoms with Gasteiger partial charge in [-0.15, -0.1) is 0 Å². The summed E-state index contributed by atoms with van der Waals surface area (Å²) in [5, 5.41) is 12.5. The summed E-state index contributed by atoms with van der Waals surface area (Å²) in [7, 11) is 1.40. The standard InChI is InChI=1S/C14H21F2NO3/c1-9(6-10(2)18)17-8-11-4-5-12(19-3)13(7-11)20-14(15)16/h4-5,7,9-10,14,17-18H,6,8H2,1-3H3. The number of aliphatic hydroxyl groups is 1. The third-order valence-electron chi connectivity index (χ3n) is 2.79. The molecule has 0 bridgehead atoms. The van der Waals surface area contributed by atoms with Crippen molar-refractivity contribution in [1.29, 1.82) is 0 Å². The third kappa shape index (κ3) is 5.71. The molecule has 1 aromatic rings. The zero-order valence-corrected chi connectivity index (χ0v) is 11.9. The van der Waals surface area contributed by atoms with E-state index in [1.807, 2.05) is 6.92 Å². The van der Waals surface area contributed by atoms with E-state index >= 15 is 0 Å². The van der Waals surface area contributed by atoms with Crippen LogP contribution >= 0.6 is 0 Å². The number of benzene rings is 1.